The van der Waals surface area contributed by atoms with Crippen LogP contribution in [0, 0.1) is 31.0 Å². The van der Waals surface area contributed by atoms with Crippen molar-refractivity contribution in [3.63, 3.8) is 0 Å². The highest BCUT2D eigenvalue weighted by molar-refractivity contribution is 9.10. The molecule has 1 heterocycles. The Balaban J connectivity index is 2.69. The number of benzene rings is 1. The number of halogens is 2. The average Bonchev–Trinajstić information content (AvgIpc) is 2.35. The van der Waals surface area contributed by atoms with Crippen LogP contribution in [0.3, 0.4) is 0 Å². The minimum Gasteiger partial charge on any atom is -0.233 e. The highest BCUT2D eigenvalue weighted by Gasteiger charge is 2.13. The first kappa shape index (κ1) is 12.7. The zero-order valence-corrected chi connectivity index (χ0v) is 11.4. The van der Waals surface area contributed by atoms with Crippen molar-refractivity contribution in [1.29, 1.82) is 5.26 Å². The quantitative estimate of drug-likeness (QED) is 0.810. The third-order valence-electron chi connectivity index (χ3n) is 2.66. The van der Waals surface area contributed by atoms with Gasteiger partial charge in [0.1, 0.15) is 17.6 Å². The van der Waals surface area contributed by atoms with Crippen molar-refractivity contribution in [1.82, 2.24) is 9.97 Å². The minimum absolute atomic E-state index is 0.230. The summed E-state index contributed by atoms with van der Waals surface area (Å²) >= 11 is 3.27. The van der Waals surface area contributed by atoms with Gasteiger partial charge in [-0.2, -0.15) is 5.26 Å². The van der Waals surface area contributed by atoms with Gasteiger partial charge in [0.2, 0.25) is 0 Å². The zero-order valence-electron chi connectivity index (χ0n) is 9.83. The van der Waals surface area contributed by atoms with E-state index in [1.54, 1.807) is 26.0 Å². The molecule has 2 rings (SSSR count). The molecule has 0 radical (unpaired) electrons. The van der Waals surface area contributed by atoms with Crippen LogP contribution in [0.15, 0.2) is 22.7 Å². The Morgan fingerprint density at radius 2 is 2.00 bits per heavy atom. The third-order valence-corrected chi connectivity index (χ3v) is 3.16. The largest absolute Gasteiger partial charge is 0.233 e. The molecule has 90 valence electrons. The monoisotopic (exact) mass is 305 g/mol. The van der Waals surface area contributed by atoms with Gasteiger partial charge in [0.05, 0.1) is 5.56 Å². The Bertz CT molecular complexity index is 662. The summed E-state index contributed by atoms with van der Waals surface area (Å²) in [7, 11) is 0. The second-order valence-corrected chi connectivity index (χ2v) is 4.76. The van der Waals surface area contributed by atoms with Crippen molar-refractivity contribution in [2.24, 2.45) is 0 Å². The number of rotatable bonds is 1. The molecular weight excluding hydrogens is 297 g/mol. The summed E-state index contributed by atoms with van der Waals surface area (Å²) in [5.74, 6) is -0.182. The fraction of sp³-hybridized carbons (Fsp3) is 0.154. The molecule has 0 N–H and O–H groups in total. The average molecular weight is 306 g/mol. The molecule has 18 heavy (non-hydrogen) atoms. The van der Waals surface area contributed by atoms with Gasteiger partial charge in [-0.3, -0.25) is 0 Å². The molecule has 0 aliphatic carbocycles. The molecule has 0 fully saturated rings. The molecule has 3 nitrogen and oxygen atoms in total. The molecule has 0 spiro atoms. The summed E-state index contributed by atoms with van der Waals surface area (Å²) < 4.78 is 14.5. The fourth-order valence-corrected chi connectivity index (χ4v) is 1.89. The van der Waals surface area contributed by atoms with Crippen molar-refractivity contribution >= 4 is 15.9 Å². The van der Waals surface area contributed by atoms with Gasteiger partial charge in [0.15, 0.2) is 5.82 Å². The van der Waals surface area contributed by atoms with Crippen LogP contribution in [0.4, 0.5) is 4.39 Å². The molecule has 0 atom stereocenters. The van der Waals surface area contributed by atoms with Gasteiger partial charge in [-0.1, -0.05) is 15.9 Å². The number of nitrogens with zero attached hydrogens (tertiary/aromatic N) is 3. The van der Waals surface area contributed by atoms with Gasteiger partial charge in [-0.05, 0) is 32.0 Å². The molecule has 0 saturated carbocycles. The first-order valence-electron chi connectivity index (χ1n) is 5.23. The lowest BCUT2D eigenvalue weighted by Crippen LogP contribution is -2.01. The van der Waals surface area contributed by atoms with Crippen LogP contribution in [0.25, 0.3) is 11.4 Å². The molecule has 1 aromatic carbocycles. The number of hydrogen-bond acceptors (Lipinski definition) is 3. The first-order valence-corrected chi connectivity index (χ1v) is 6.03. The number of hydrogen-bond donors (Lipinski definition) is 0. The van der Waals surface area contributed by atoms with E-state index in [0.29, 0.717) is 5.69 Å². The highest BCUT2D eigenvalue weighted by atomic mass is 79.9. The Morgan fingerprint density at radius 3 is 2.67 bits per heavy atom. The Hall–Kier alpha value is -1.80. The van der Waals surface area contributed by atoms with E-state index in [9.17, 15) is 4.39 Å². The molecular formula is C13H9BrFN3. The molecule has 1 aromatic heterocycles. The van der Waals surface area contributed by atoms with Gasteiger partial charge in [-0.25, -0.2) is 14.4 Å². The number of aryl methyl sites for hydroxylation is 1. The van der Waals surface area contributed by atoms with Crippen LogP contribution in [0.5, 0.6) is 0 Å². The smallest absolute Gasteiger partial charge is 0.163 e. The van der Waals surface area contributed by atoms with Gasteiger partial charge < -0.3 is 0 Å². The lowest BCUT2D eigenvalue weighted by atomic mass is 10.1. The maximum Gasteiger partial charge on any atom is 0.163 e. The molecule has 0 amide bonds. The topological polar surface area (TPSA) is 49.6 Å². The summed E-state index contributed by atoms with van der Waals surface area (Å²) in [6, 6.07) is 6.53. The van der Waals surface area contributed by atoms with E-state index in [-0.39, 0.29) is 17.1 Å². The predicted molar refractivity (Wildman–Crippen MR) is 69.3 cm³/mol. The van der Waals surface area contributed by atoms with E-state index in [0.717, 1.165) is 10.0 Å². The van der Waals surface area contributed by atoms with Crippen LogP contribution in [-0.4, -0.2) is 9.97 Å². The van der Waals surface area contributed by atoms with E-state index < -0.39 is 5.82 Å². The van der Waals surface area contributed by atoms with Crippen molar-refractivity contribution in [2.75, 3.05) is 0 Å². The van der Waals surface area contributed by atoms with Gasteiger partial charge >= 0.3 is 0 Å². The zero-order chi connectivity index (χ0) is 13.3. The summed E-state index contributed by atoms with van der Waals surface area (Å²) in [4.78, 5) is 8.32. The Labute approximate surface area is 112 Å². The molecule has 0 unspecified atom stereocenters. The number of aromatic nitrogens is 2. The van der Waals surface area contributed by atoms with Gasteiger partial charge in [0, 0.05) is 15.7 Å². The van der Waals surface area contributed by atoms with Crippen LogP contribution >= 0.6 is 15.9 Å². The Kier molecular flexibility index (Phi) is 3.39. The van der Waals surface area contributed by atoms with E-state index in [2.05, 4.69) is 25.9 Å². The minimum atomic E-state index is -0.412. The highest BCUT2D eigenvalue weighted by Crippen LogP contribution is 2.24. The fourth-order valence-electron chi connectivity index (χ4n) is 1.53. The van der Waals surface area contributed by atoms with E-state index in [1.807, 2.05) is 6.07 Å². The van der Waals surface area contributed by atoms with Crippen LogP contribution < -0.4 is 0 Å². The molecule has 5 heteroatoms. The summed E-state index contributed by atoms with van der Waals surface area (Å²) in [5, 5.41) is 8.99. The second-order valence-electron chi connectivity index (χ2n) is 3.84. The molecule has 0 aliphatic rings. The third kappa shape index (κ3) is 2.24. The summed E-state index contributed by atoms with van der Waals surface area (Å²) in [5.41, 5.74) is 1.95. The van der Waals surface area contributed by atoms with Crippen LogP contribution in [0.2, 0.25) is 0 Å². The summed E-state index contributed by atoms with van der Waals surface area (Å²) in [6.45, 7) is 3.55. The van der Waals surface area contributed by atoms with E-state index in [4.69, 9.17) is 5.26 Å². The van der Waals surface area contributed by atoms with Gasteiger partial charge in [-0.15, -0.1) is 0 Å². The Morgan fingerprint density at radius 1 is 1.28 bits per heavy atom. The van der Waals surface area contributed by atoms with E-state index in [1.165, 1.54) is 6.07 Å². The van der Waals surface area contributed by atoms with E-state index >= 15 is 0 Å². The maximum absolute atomic E-state index is 13.7. The standard InChI is InChI=1S/C13H9BrFN3/c1-7-8(2)17-13(18-12(7)6-16)10-5-9(14)3-4-11(10)15/h3-5H,1-2H3. The lowest BCUT2D eigenvalue weighted by Gasteiger charge is -2.07. The second kappa shape index (κ2) is 4.83. The molecule has 0 aliphatic heterocycles. The van der Waals surface area contributed by atoms with Crippen molar-refractivity contribution < 1.29 is 4.39 Å². The molecule has 0 bridgehead atoms. The number of nitriles is 1. The first-order chi connectivity index (χ1) is 8.52. The molecule has 0 saturated heterocycles. The van der Waals surface area contributed by atoms with Crippen molar-refractivity contribution in [3.05, 3.63) is 45.4 Å². The maximum atomic E-state index is 13.7. The molecule has 2 aromatic rings. The van der Waals surface area contributed by atoms with Crippen LogP contribution in [0.1, 0.15) is 17.0 Å². The summed E-state index contributed by atoms with van der Waals surface area (Å²) in [6.07, 6.45) is 0. The van der Waals surface area contributed by atoms with Crippen molar-refractivity contribution in [3.8, 4) is 17.5 Å². The van der Waals surface area contributed by atoms with Crippen LogP contribution in [-0.2, 0) is 0 Å². The van der Waals surface area contributed by atoms with Gasteiger partial charge in [0.25, 0.3) is 0 Å². The SMILES string of the molecule is Cc1nc(-c2cc(Br)ccc2F)nc(C#N)c1C. The predicted octanol–water partition coefficient (Wildman–Crippen LogP) is 3.53. The lowest BCUT2D eigenvalue weighted by molar-refractivity contribution is 0.629. The van der Waals surface area contributed by atoms with Crippen molar-refractivity contribution in [2.45, 2.75) is 13.8 Å². The normalized spacial score (nSPS) is 10.2.